The molecule has 0 spiro atoms. The lowest BCUT2D eigenvalue weighted by atomic mass is 9.80. The number of carbonyl (C=O) groups excluding carboxylic acids is 6. The molecule has 4 atom stereocenters. The number of hydrogen-bond donors (Lipinski definition) is 4. The van der Waals surface area contributed by atoms with Crippen molar-refractivity contribution in [2.24, 2.45) is 22.5 Å². The van der Waals surface area contributed by atoms with E-state index in [4.69, 9.17) is 5.73 Å². The van der Waals surface area contributed by atoms with E-state index in [0.717, 1.165) is 26.3 Å². The Bertz CT molecular complexity index is 1130. The van der Waals surface area contributed by atoms with E-state index in [1.165, 1.54) is 11.3 Å². The second kappa shape index (κ2) is 17.1. The molecule has 47 heavy (non-hydrogen) atoms. The molecule has 0 bridgehead atoms. The van der Waals surface area contributed by atoms with Crippen molar-refractivity contribution in [1.82, 2.24) is 25.8 Å². The first-order valence-electron chi connectivity index (χ1n) is 16.3. The Labute approximate surface area is 276 Å². The van der Waals surface area contributed by atoms with Gasteiger partial charge in [-0.25, -0.2) is 4.79 Å². The average Bonchev–Trinajstić information content (AvgIpc) is 3.40. The molecule has 0 radical (unpaired) electrons. The van der Waals surface area contributed by atoms with Gasteiger partial charge < -0.3 is 31.5 Å². The third-order valence-electron chi connectivity index (χ3n) is 8.29. The molecule has 0 aromatic carbocycles. The molecule has 0 aromatic rings. The molecule has 1 saturated carbocycles. The van der Waals surface area contributed by atoms with Crippen LogP contribution in [0.15, 0.2) is 0 Å². The van der Waals surface area contributed by atoms with Gasteiger partial charge >= 0.3 is 18.1 Å². The highest BCUT2D eigenvalue weighted by molar-refractivity contribution is 6.37. The predicted molar refractivity (Wildman–Crippen MR) is 171 cm³/mol. The molecule has 15 heteroatoms. The lowest BCUT2D eigenvalue weighted by Crippen LogP contribution is -2.62. The van der Waals surface area contributed by atoms with Crippen molar-refractivity contribution >= 4 is 35.4 Å². The number of nitrogens with two attached hydrogens (primary N) is 1. The fraction of sp³-hybridized carbons (Fsp3) is 0.812. The number of primary amides is 1. The van der Waals surface area contributed by atoms with Crippen molar-refractivity contribution in [2.45, 2.75) is 131 Å². The molecule has 1 saturated heterocycles. The molecule has 0 aromatic heterocycles. The van der Waals surface area contributed by atoms with E-state index in [9.17, 15) is 41.9 Å². The summed E-state index contributed by atoms with van der Waals surface area (Å²) in [6, 6.07) is -4.95. The van der Waals surface area contributed by atoms with Crippen LogP contribution in [0.4, 0.5) is 18.0 Å². The zero-order valence-electron chi connectivity index (χ0n) is 29.3. The molecule has 270 valence electrons. The fourth-order valence-corrected chi connectivity index (χ4v) is 5.29. The third-order valence-corrected chi connectivity index (χ3v) is 8.29. The highest BCUT2D eigenvalue weighted by Crippen LogP contribution is 2.31. The van der Waals surface area contributed by atoms with Gasteiger partial charge in [0.2, 0.25) is 17.6 Å². The van der Waals surface area contributed by atoms with Crippen LogP contribution >= 0.6 is 0 Å². The summed E-state index contributed by atoms with van der Waals surface area (Å²) >= 11 is 0. The number of nitrogens with one attached hydrogen (secondary N) is 3. The van der Waals surface area contributed by atoms with Crippen LogP contribution in [-0.4, -0.2) is 95.7 Å². The first-order valence-corrected chi connectivity index (χ1v) is 16.3. The summed E-state index contributed by atoms with van der Waals surface area (Å²) in [6.45, 7) is 14.2. The Morgan fingerprint density at radius 2 is 1.43 bits per heavy atom. The number of urea groups is 1. The molecule has 1 heterocycles. The van der Waals surface area contributed by atoms with Crippen LogP contribution in [0.1, 0.15) is 100 Å². The maximum atomic E-state index is 13.8. The van der Waals surface area contributed by atoms with Gasteiger partial charge in [0.1, 0.15) is 12.1 Å². The van der Waals surface area contributed by atoms with Crippen LogP contribution in [0.3, 0.4) is 0 Å². The highest BCUT2D eigenvalue weighted by atomic mass is 19.4. The van der Waals surface area contributed by atoms with Gasteiger partial charge in [0.15, 0.2) is 0 Å². The van der Waals surface area contributed by atoms with Gasteiger partial charge in [-0.3, -0.25) is 24.0 Å². The topological polar surface area (TPSA) is 171 Å². The Kier molecular flexibility index (Phi) is 15.2. The number of alkyl halides is 3. The summed E-state index contributed by atoms with van der Waals surface area (Å²) in [5, 5.41) is 7.87. The predicted octanol–water partition coefficient (Wildman–Crippen LogP) is 3.27. The summed E-state index contributed by atoms with van der Waals surface area (Å²) in [5.74, 6) is -5.08. The van der Waals surface area contributed by atoms with Crippen LogP contribution < -0.4 is 21.7 Å². The molecule has 4 unspecified atom stereocenters. The quantitative estimate of drug-likeness (QED) is 0.245. The summed E-state index contributed by atoms with van der Waals surface area (Å²) < 4.78 is 38.9. The van der Waals surface area contributed by atoms with E-state index in [1.54, 1.807) is 41.5 Å². The van der Waals surface area contributed by atoms with Crippen LogP contribution in [-0.2, 0) is 24.0 Å². The molecule has 2 rings (SSSR count). The number of amides is 6. The minimum absolute atomic E-state index is 0.182. The normalized spacial score (nSPS) is 18.8. The Morgan fingerprint density at radius 1 is 0.872 bits per heavy atom. The number of ketones is 1. The van der Waals surface area contributed by atoms with Gasteiger partial charge in [-0.1, -0.05) is 81.1 Å². The first kappa shape index (κ1) is 41.6. The molecule has 1 aliphatic heterocycles. The molecule has 1 aliphatic carbocycles. The third kappa shape index (κ3) is 12.6. The number of halogens is 3. The molecule has 6 amide bonds. The second-order valence-electron chi connectivity index (χ2n) is 14.7. The fourth-order valence-electron chi connectivity index (χ4n) is 5.29. The Morgan fingerprint density at radius 3 is 1.85 bits per heavy atom. The zero-order chi connectivity index (χ0) is 36.5. The Hall–Kier alpha value is -3.39. The highest BCUT2D eigenvalue weighted by Gasteiger charge is 2.45. The lowest BCUT2D eigenvalue weighted by Gasteiger charge is -2.38. The molecule has 12 nitrogen and oxygen atoms in total. The first-order chi connectivity index (χ1) is 21.4. The minimum atomic E-state index is -5.08. The largest absolute Gasteiger partial charge is 0.471 e. The van der Waals surface area contributed by atoms with Gasteiger partial charge in [0, 0.05) is 20.1 Å². The van der Waals surface area contributed by atoms with Gasteiger partial charge in [-0.15, -0.1) is 0 Å². The van der Waals surface area contributed by atoms with E-state index < -0.39 is 83.2 Å². The lowest BCUT2D eigenvalue weighted by molar-refractivity contribution is -0.184. The zero-order valence-corrected chi connectivity index (χ0v) is 29.3. The summed E-state index contributed by atoms with van der Waals surface area (Å²) in [7, 11) is 0.988. The van der Waals surface area contributed by atoms with Crippen LogP contribution in [0.25, 0.3) is 0 Å². The van der Waals surface area contributed by atoms with E-state index in [2.05, 4.69) is 29.8 Å². The summed E-state index contributed by atoms with van der Waals surface area (Å²) in [4.78, 5) is 78.0. The van der Waals surface area contributed by atoms with Gasteiger partial charge in [0.25, 0.3) is 5.91 Å². The van der Waals surface area contributed by atoms with E-state index in [-0.39, 0.29) is 18.9 Å². The van der Waals surface area contributed by atoms with Crippen molar-refractivity contribution < 1.29 is 41.9 Å². The molecular weight excluding hydrogens is 621 g/mol. The number of nitrogens with zero attached hydrogens (tertiary/aromatic N) is 2. The van der Waals surface area contributed by atoms with Crippen LogP contribution in [0.5, 0.6) is 0 Å². The second-order valence-corrected chi connectivity index (χ2v) is 14.7. The monoisotopic (exact) mass is 676 g/mol. The minimum Gasteiger partial charge on any atom is -0.363 e. The maximum Gasteiger partial charge on any atom is 0.471 e. The molecule has 2 fully saturated rings. The molecular formula is C32H55F3N6O6. The summed E-state index contributed by atoms with van der Waals surface area (Å²) in [6.07, 6.45) is -0.0281. The van der Waals surface area contributed by atoms with Crippen molar-refractivity contribution in [1.29, 1.82) is 0 Å². The average molecular weight is 677 g/mol. The van der Waals surface area contributed by atoms with Crippen molar-refractivity contribution in [3.63, 3.8) is 0 Å². The van der Waals surface area contributed by atoms with Crippen LogP contribution in [0, 0.1) is 16.7 Å². The number of likely N-dealkylation sites (tertiary alicyclic amines) is 1. The number of rotatable bonds is 11. The number of Topliss-reactive ketones (excluding diaryl/α,β-unsaturated/α-hetero) is 1. The Balaban J connectivity index is 0.00000354. The number of likely N-dealkylation sites (N-methyl/N-ethyl adjacent to an activating group) is 1. The standard InChI is InChI=1S/C29H47F3N6O6.C3H8/c1-27(2,3)19(15-37(7)25(43)29(30,31)32)35-26(44)36-21(28(4,5)6)24(42)38-13-9-12-18(38)23(41)34-17(20(39)22(33)40)14-16-10-8-11-16;1-3-2/h16-19,21H,8-15H2,1-7H3,(H2,33,40)(H,34,41)(H2,35,36,44);3H2,1-2H3. The van der Waals surface area contributed by atoms with E-state index >= 15 is 0 Å². The molecule has 5 N–H and O–H groups in total. The van der Waals surface area contributed by atoms with Gasteiger partial charge in [0.05, 0.1) is 12.1 Å². The number of carbonyl (C=O) groups is 6. The SMILES string of the molecule is CCC.CN(CC(NC(=O)NC(C(=O)N1CCCC1C(=O)NC(CC1CCC1)C(=O)C(N)=O)C(C)(C)C)C(C)(C)C)C(=O)C(F)(F)F. The van der Waals surface area contributed by atoms with E-state index in [0.29, 0.717) is 17.7 Å². The van der Waals surface area contributed by atoms with Gasteiger partial charge in [-0.05, 0) is 36.0 Å². The van der Waals surface area contributed by atoms with Crippen LogP contribution in [0.2, 0.25) is 0 Å². The van der Waals surface area contributed by atoms with Crippen molar-refractivity contribution in [2.75, 3.05) is 20.1 Å². The van der Waals surface area contributed by atoms with Gasteiger partial charge in [-0.2, -0.15) is 13.2 Å². The molecule has 2 aliphatic rings. The van der Waals surface area contributed by atoms with Crippen molar-refractivity contribution in [3.05, 3.63) is 0 Å². The smallest absolute Gasteiger partial charge is 0.363 e. The van der Waals surface area contributed by atoms with E-state index in [1.807, 2.05) is 0 Å². The summed E-state index contributed by atoms with van der Waals surface area (Å²) in [5.41, 5.74) is 3.59. The maximum absolute atomic E-state index is 13.8. The number of hydrogen-bond acceptors (Lipinski definition) is 6. The van der Waals surface area contributed by atoms with Crippen molar-refractivity contribution in [3.8, 4) is 0 Å².